The van der Waals surface area contributed by atoms with Gasteiger partial charge in [0.25, 0.3) is 0 Å². The maximum Gasteiger partial charge on any atom is 0.223 e. The summed E-state index contributed by atoms with van der Waals surface area (Å²) in [5.74, 6) is 2.65. The van der Waals surface area contributed by atoms with Crippen LogP contribution in [-0.2, 0) is 11.3 Å². The van der Waals surface area contributed by atoms with E-state index in [-0.39, 0.29) is 11.8 Å². The Hall–Kier alpha value is -2.34. The molecule has 1 fully saturated rings. The average Bonchev–Trinajstić information content (AvgIpc) is 3.20. The van der Waals surface area contributed by atoms with E-state index in [1.165, 1.54) is 12.8 Å². The molecule has 3 rings (SSSR count). The number of carbonyl (C=O) groups is 1. The molecule has 1 aliphatic rings. The summed E-state index contributed by atoms with van der Waals surface area (Å²) in [4.78, 5) is 19.0. The zero-order chi connectivity index (χ0) is 19.8. The third kappa shape index (κ3) is 5.58. The van der Waals surface area contributed by atoms with Crippen molar-refractivity contribution in [1.82, 2.24) is 15.2 Å². The minimum Gasteiger partial charge on any atom is -0.497 e. The lowest BCUT2D eigenvalue weighted by molar-refractivity contribution is -0.126. The van der Waals surface area contributed by atoms with Gasteiger partial charge >= 0.3 is 0 Å². The SMILES string of the molecule is CCCCCNC(=O)C1CCN(Cc2ncc(-c3ccc(OC)cc3)o2)CC1. The number of rotatable bonds is 9. The van der Waals surface area contributed by atoms with E-state index in [4.69, 9.17) is 9.15 Å². The first kappa shape index (κ1) is 20.4. The predicted molar refractivity (Wildman–Crippen MR) is 109 cm³/mol. The van der Waals surface area contributed by atoms with Crippen LogP contribution in [0.1, 0.15) is 44.9 Å². The molecule has 0 spiro atoms. The van der Waals surface area contributed by atoms with E-state index < -0.39 is 0 Å². The van der Waals surface area contributed by atoms with Gasteiger partial charge in [-0.3, -0.25) is 9.69 Å². The molecular weight excluding hydrogens is 354 g/mol. The lowest BCUT2D eigenvalue weighted by atomic mass is 9.96. The molecule has 1 aromatic heterocycles. The molecular formula is C22H31N3O3. The van der Waals surface area contributed by atoms with Crippen molar-refractivity contribution < 1.29 is 13.9 Å². The Morgan fingerprint density at radius 3 is 2.68 bits per heavy atom. The summed E-state index contributed by atoms with van der Waals surface area (Å²) in [6.45, 7) is 5.45. The molecule has 1 N–H and O–H groups in total. The normalized spacial score (nSPS) is 15.5. The number of nitrogens with one attached hydrogen (secondary N) is 1. The third-order valence-corrected chi connectivity index (χ3v) is 5.32. The molecule has 0 unspecified atom stereocenters. The van der Waals surface area contributed by atoms with Crippen molar-refractivity contribution >= 4 is 5.91 Å². The molecule has 152 valence electrons. The molecule has 6 heteroatoms. The Morgan fingerprint density at radius 1 is 1.25 bits per heavy atom. The molecule has 1 aliphatic heterocycles. The molecule has 0 radical (unpaired) electrons. The number of hydrogen-bond donors (Lipinski definition) is 1. The molecule has 0 saturated carbocycles. The summed E-state index contributed by atoms with van der Waals surface area (Å²) in [6, 6.07) is 7.76. The minimum absolute atomic E-state index is 0.136. The number of unbranched alkanes of at least 4 members (excludes halogenated alkanes) is 2. The number of aromatic nitrogens is 1. The number of amides is 1. The highest BCUT2D eigenvalue weighted by molar-refractivity contribution is 5.78. The van der Waals surface area contributed by atoms with Crippen LogP contribution in [0.25, 0.3) is 11.3 Å². The first-order valence-corrected chi connectivity index (χ1v) is 10.3. The molecule has 0 bridgehead atoms. The van der Waals surface area contributed by atoms with E-state index in [0.29, 0.717) is 12.4 Å². The third-order valence-electron chi connectivity index (χ3n) is 5.32. The van der Waals surface area contributed by atoms with Crippen molar-refractivity contribution in [2.45, 2.75) is 45.6 Å². The standard InChI is InChI=1S/C22H31N3O3/c1-3-4-5-12-23-22(26)18-10-13-25(14-11-18)16-21-24-15-20(28-21)17-6-8-19(27-2)9-7-17/h6-9,15,18H,3-5,10-14,16H2,1-2H3,(H,23,26). The van der Waals surface area contributed by atoms with Crippen LogP contribution in [0.15, 0.2) is 34.9 Å². The van der Waals surface area contributed by atoms with Gasteiger partial charge in [0.05, 0.1) is 19.9 Å². The maximum absolute atomic E-state index is 12.3. The van der Waals surface area contributed by atoms with Crippen LogP contribution in [0, 0.1) is 5.92 Å². The smallest absolute Gasteiger partial charge is 0.223 e. The van der Waals surface area contributed by atoms with Crippen LogP contribution in [0.4, 0.5) is 0 Å². The van der Waals surface area contributed by atoms with Crippen LogP contribution in [0.5, 0.6) is 5.75 Å². The lowest BCUT2D eigenvalue weighted by Crippen LogP contribution is -2.40. The summed E-state index contributed by atoms with van der Waals surface area (Å²) in [7, 11) is 1.65. The monoisotopic (exact) mass is 385 g/mol. The van der Waals surface area contributed by atoms with Gasteiger partial charge in [-0.05, 0) is 56.6 Å². The number of carbonyl (C=O) groups excluding carboxylic acids is 1. The second-order valence-corrected chi connectivity index (χ2v) is 7.40. The molecule has 1 amide bonds. The number of ether oxygens (including phenoxy) is 1. The van der Waals surface area contributed by atoms with Gasteiger partial charge in [0.1, 0.15) is 5.75 Å². The van der Waals surface area contributed by atoms with Gasteiger partial charge in [-0.2, -0.15) is 0 Å². The Balaban J connectivity index is 1.44. The van der Waals surface area contributed by atoms with Gasteiger partial charge in [-0.15, -0.1) is 0 Å². The Kier molecular flexibility index (Phi) is 7.48. The van der Waals surface area contributed by atoms with Gasteiger partial charge in [-0.25, -0.2) is 4.98 Å². The number of nitrogens with zero attached hydrogens (tertiary/aromatic N) is 2. The summed E-state index contributed by atoms with van der Waals surface area (Å²) >= 11 is 0. The van der Waals surface area contributed by atoms with Crippen LogP contribution < -0.4 is 10.1 Å². The average molecular weight is 386 g/mol. The number of piperidine rings is 1. The van der Waals surface area contributed by atoms with Crippen LogP contribution >= 0.6 is 0 Å². The first-order valence-electron chi connectivity index (χ1n) is 10.3. The number of likely N-dealkylation sites (tertiary alicyclic amines) is 1. The predicted octanol–water partition coefficient (Wildman–Crippen LogP) is 3.87. The zero-order valence-corrected chi connectivity index (χ0v) is 16.9. The lowest BCUT2D eigenvalue weighted by Gasteiger charge is -2.30. The van der Waals surface area contributed by atoms with E-state index in [9.17, 15) is 4.79 Å². The summed E-state index contributed by atoms with van der Waals surface area (Å²) in [5, 5.41) is 3.08. The van der Waals surface area contributed by atoms with Crippen molar-refractivity contribution in [2.24, 2.45) is 5.92 Å². The summed E-state index contributed by atoms with van der Waals surface area (Å²) < 4.78 is 11.1. The molecule has 0 atom stereocenters. The Morgan fingerprint density at radius 2 is 2.00 bits per heavy atom. The number of methoxy groups -OCH3 is 1. The maximum atomic E-state index is 12.3. The quantitative estimate of drug-likeness (QED) is 0.664. The van der Waals surface area contributed by atoms with Crippen molar-refractivity contribution in [3.63, 3.8) is 0 Å². The first-order chi connectivity index (χ1) is 13.7. The van der Waals surface area contributed by atoms with Crippen LogP contribution in [0.3, 0.4) is 0 Å². The van der Waals surface area contributed by atoms with Crippen LogP contribution in [0.2, 0.25) is 0 Å². The molecule has 2 aromatic rings. The molecule has 1 saturated heterocycles. The van der Waals surface area contributed by atoms with E-state index in [1.54, 1.807) is 13.3 Å². The topological polar surface area (TPSA) is 67.6 Å². The fraction of sp³-hybridized carbons (Fsp3) is 0.545. The van der Waals surface area contributed by atoms with Crippen molar-refractivity contribution in [3.05, 3.63) is 36.4 Å². The van der Waals surface area contributed by atoms with Gasteiger partial charge < -0.3 is 14.5 Å². The Labute approximate surface area is 167 Å². The fourth-order valence-corrected chi connectivity index (χ4v) is 3.55. The number of oxazole rings is 1. The molecule has 6 nitrogen and oxygen atoms in total. The van der Waals surface area contributed by atoms with E-state index >= 15 is 0 Å². The highest BCUT2D eigenvalue weighted by atomic mass is 16.5. The largest absolute Gasteiger partial charge is 0.497 e. The van der Waals surface area contributed by atoms with Crippen LogP contribution in [-0.4, -0.2) is 42.5 Å². The van der Waals surface area contributed by atoms with Crippen molar-refractivity contribution in [1.29, 1.82) is 0 Å². The van der Waals surface area contributed by atoms with E-state index in [1.807, 2.05) is 24.3 Å². The zero-order valence-electron chi connectivity index (χ0n) is 16.9. The van der Waals surface area contributed by atoms with Crippen molar-refractivity contribution in [3.8, 4) is 17.1 Å². The molecule has 28 heavy (non-hydrogen) atoms. The molecule has 1 aromatic carbocycles. The Bertz CT molecular complexity index is 734. The number of benzene rings is 1. The van der Waals surface area contributed by atoms with Gasteiger partial charge in [-0.1, -0.05) is 19.8 Å². The van der Waals surface area contributed by atoms with Gasteiger partial charge in [0.2, 0.25) is 11.8 Å². The van der Waals surface area contributed by atoms with E-state index in [2.05, 4.69) is 22.1 Å². The van der Waals surface area contributed by atoms with Gasteiger partial charge in [0, 0.05) is 18.0 Å². The second-order valence-electron chi connectivity index (χ2n) is 7.40. The summed E-state index contributed by atoms with van der Waals surface area (Å²) in [6.07, 6.45) is 6.98. The molecule has 2 heterocycles. The highest BCUT2D eigenvalue weighted by Crippen LogP contribution is 2.24. The summed E-state index contributed by atoms with van der Waals surface area (Å²) in [5.41, 5.74) is 0.984. The van der Waals surface area contributed by atoms with E-state index in [0.717, 1.165) is 56.0 Å². The second kappa shape index (κ2) is 10.3. The molecule has 0 aliphatic carbocycles. The number of hydrogen-bond acceptors (Lipinski definition) is 5. The highest BCUT2D eigenvalue weighted by Gasteiger charge is 2.25. The van der Waals surface area contributed by atoms with Crippen molar-refractivity contribution in [2.75, 3.05) is 26.7 Å². The minimum atomic E-state index is 0.136. The fourth-order valence-electron chi connectivity index (χ4n) is 3.55. The van der Waals surface area contributed by atoms with Gasteiger partial charge in [0.15, 0.2) is 5.76 Å².